The van der Waals surface area contributed by atoms with Crippen molar-refractivity contribution < 1.29 is 4.63 Å². The van der Waals surface area contributed by atoms with Crippen LogP contribution in [-0.2, 0) is 0 Å². The highest BCUT2D eigenvalue weighted by atomic mass is 16.7. The van der Waals surface area contributed by atoms with Gasteiger partial charge in [-0.05, 0) is 4.85 Å². The van der Waals surface area contributed by atoms with Gasteiger partial charge in [0, 0.05) is 0 Å². The quantitative estimate of drug-likeness (QED) is 0.285. The van der Waals surface area contributed by atoms with E-state index < -0.39 is 0 Å². The van der Waals surface area contributed by atoms with Crippen molar-refractivity contribution >= 4 is 5.96 Å². The Bertz CT molecular complexity index is 125. The predicted octanol–water partition coefficient (Wildman–Crippen LogP) is -0.849. The Morgan fingerprint density at radius 1 is 2.00 bits per heavy atom. The first-order valence-electron chi connectivity index (χ1n) is 1.37. The van der Waals surface area contributed by atoms with Crippen molar-refractivity contribution in [2.45, 2.75) is 0 Å². The van der Waals surface area contributed by atoms with Gasteiger partial charge < -0.3 is 5.73 Å². The molecular formula is CH4N4O. The van der Waals surface area contributed by atoms with E-state index >= 15 is 0 Å². The van der Waals surface area contributed by atoms with Gasteiger partial charge in [-0.3, -0.25) is 5.41 Å². The molecule has 0 fully saturated rings. The minimum Gasteiger partial charge on any atom is -0.366 e. The van der Waals surface area contributed by atoms with Gasteiger partial charge in [-0.15, -0.1) is 0 Å². The van der Waals surface area contributed by atoms with Gasteiger partial charge in [0.1, 0.15) is 0 Å². The molecule has 5 nitrogen and oxygen atoms in total. The van der Waals surface area contributed by atoms with Crippen molar-refractivity contribution in [3.8, 4) is 0 Å². The van der Waals surface area contributed by atoms with Crippen LogP contribution in [0.5, 0.6) is 0 Å². The number of nitrogens with two attached hydrogens (primary N) is 1. The van der Waals surface area contributed by atoms with E-state index in [4.69, 9.17) is 11.1 Å². The molecule has 0 atom stereocenters. The topological polar surface area (TPSA) is 83.7 Å². The van der Waals surface area contributed by atoms with Crippen LogP contribution in [0.25, 0.3) is 0 Å². The van der Waals surface area contributed by atoms with E-state index in [-0.39, 0.29) is 5.96 Å². The molecule has 1 rings (SSSR count). The number of hydrogen-bond acceptors (Lipinski definition) is 2. The standard InChI is InChI=1S/CH4N4O/c2-1(3)5-4-6-5/h4H,(H3,2,3). The Hall–Kier alpha value is -1.13. The summed E-state index contributed by atoms with van der Waals surface area (Å²) in [6, 6.07) is 0. The minimum atomic E-state index is -0.130. The number of aromatic amines is 1. The lowest BCUT2D eigenvalue weighted by atomic mass is 11.1. The van der Waals surface area contributed by atoms with E-state index in [1.165, 1.54) is 0 Å². The molecule has 34 valence electrons. The zero-order valence-electron chi connectivity index (χ0n) is 2.93. The molecule has 0 aliphatic rings. The second-order valence-corrected chi connectivity index (χ2v) is 0.862. The van der Waals surface area contributed by atoms with E-state index in [9.17, 15) is 0 Å². The van der Waals surface area contributed by atoms with Crippen molar-refractivity contribution in [1.29, 1.82) is 5.41 Å². The predicted molar refractivity (Wildman–Crippen MR) is 18.4 cm³/mol. The summed E-state index contributed by atoms with van der Waals surface area (Å²) in [6.45, 7) is 0. The van der Waals surface area contributed by atoms with E-state index in [0.29, 0.717) is 0 Å². The van der Waals surface area contributed by atoms with Crippen LogP contribution < -0.4 is 5.73 Å². The number of H-pyrrole nitrogens is 1. The van der Waals surface area contributed by atoms with Gasteiger partial charge in [0.05, 0.1) is 0 Å². The molecular weight excluding hydrogens is 84.0 g/mol. The van der Waals surface area contributed by atoms with Crippen LogP contribution in [0.2, 0.25) is 0 Å². The molecule has 0 aliphatic carbocycles. The van der Waals surface area contributed by atoms with Gasteiger partial charge in [-0.2, -0.15) is 0 Å². The van der Waals surface area contributed by atoms with Crippen molar-refractivity contribution in [2.75, 3.05) is 0 Å². The summed E-state index contributed by atoms with van der Waals surface area (Å²) in [5.74, 6) is -0.130. The first kappa shape index (κ1) is 3.08. The van der Waals surface area contributed by atoms with Gasteiger partial charge in [-0.1, -0.05) is 5.27 Å². The normalized spacial score (nSPS) is 9.33. The molecule has 0 saturated carbocycles. The second-order valence-electron chi connectivity index (χ2n) is 0.862. The van der Waals surface area contributed by atoms with E-state index in [2.05, 4.69) is 9.90 Å². The molecule has 6 heavy (non-hydrogen) atoms. The van der Waals surface area contributed by atoms with Crippen molar-refractivity contribution in [2.24, 2.45) is 5.73 Å². The smallest absolute Gasteiger partial charge is 0.252 e. The first-order chi connectivity index (χ1) is 2.80. The summed E-state index contributed by atoms with van der Waals surface area (Å²) in [5.41, 5.74) is 4.82. The second kappa shape index (κ2) is 0.675. The van der Waals surface area contributed by atoms with Crippen LogP contribution in [0.15, 0.2) is 4.63 Å². The lowest BCUT2D eigenvalue weighted by molar-refractivity contribution is 0.510. The summed E-state index contributed by atoms with van der Waals surface area (Å²) in [4.78, 5) is 1.03. The van der Waals surface area contributed by atoms with Crippen LogP contribution >= 0.6 is 0 Å². The first-order valence-corrected chi connectivity index (χ1v) is 1.37. The third-order valence-corrected chi connectivity index (χ3v) is 0.401. The zero-order valence-corrected chi connectivity index (χ0v) is 2.93. The van der Waals surface area contributed by atoms with Crippen LogP contribution in [0.3, 0.4) is 0 Å². The fraction of sp³-hybridized carbons (Fsp3) is 0. The van der Waals surface area contributed by atoms with Gasteiger partial charge in [0.25, 0.3) is 5.96 Å². The summed E-state index contributed by atoms with van der Waals surface area (Å²) < 4.78 is 4.20. The monoisotopic (exact) mass is 88.0 g/mol. The van der Waals surface area contributed by atoms with E-state index in [1.54, 1.807) is 0 Å². The molecule has 4 N–H and O–H groups in total. The molecule has 1 aromatic rings. The summed E-state index contributed by atoms with van der Waals surface area (Å²) in [5, 5.41) is 8.75. The summed E-state index contributed by atoms with van der Waals surface area (Å²) in [7, 11) is 0. The number of nitrogens with zero attached hydrogens (tertiary/aromatic N) is 1. The molecule has 0 amide bonds. The SMILES string of the molecule is N=C(N)n1[nH]o1. The number of aromatic nitrogens is 2. The average molecular weight is 88.1 g/mol. The maximum absolute atomic E-state index is 6.53. The molecule has 5 heteroatoms. The molecule has 0 aliphatic heterocycles. The average Bonchev–Trinajstić information content (AvgIpc) is 2.06. The zero-order chi connectivity index (χ0) is 4.57. The fourth-order valence-electron chi connectivity index (χ4n) is 0.119. The van der Waals surface area contributed by atoms with Gasteiger partial charge >= 0.3 is 0 Å². The van der Waals surface area contributed by atoms with Crippen LogP contribution in [0.1, 0.15) is 0 Å². The Kier molecular flexibility index (Phi) is 0.346. The third-order valence-electron chi connectivity index (χ3n) is 0.401. The van der Waals surface area contributed by atoms with Crippen molar-refractivity contribution in [1.82, 2.24) is 10.1 Å². The Balaban J connectivity index is 2.62. The molecule has 0 aromatic carbocycles. The number of rotatable bonds is 0. The number of nitrogen functional groups attached to an aromatic ring is 1. The highest BCUT2D eigenvalue weighted by Gasteiger charge is 1.96. The highest BCUT2D eigenvalue weighted by molar-refractivity contribution is 5.74. The lowest BCUT2D eigenvalue weighted by Gasteiger charge is -1.72. The molecule has 0 unspecified atom stereocenters. The van der Waals surface area contributed by atoms with Crippen molar-refractivity contribution in [3.63, 3.8) is 0 Å². The number of nitrogens with one attached hydrogen (secondary N) is 2. The van der Waals surface area contributed by atoms with Gasteiger partial charge in [-0.25, -0.2) is 4.63 Å². The number of hydrogen-bond donors (Lipinski definition) is 3. The maximum Gasteiger partial charge on any atom is 0.252 e. The van der Waals surface area contributed by atoms with Crippen LogP contribution in [0.4, 0.5) is 0 Å². The van der Waals surface area contributed by atoms with Crippen LogP contribution in [-0.4, -0.2) is 16.1 Å². The third kappa shape index (κ3) is 0.291. The molecule has 1 aromatic heterocycles. The lowest BCUT2D eigenvalue weighted by Crippen LogP contribution is -2.14. The summed E-state index contributed by atoms with van der Waals surface area (Å²) >= 11 is 0. The summed E-state index contributed by atoms with van der Waals surface area (Å²) in [6.07, 6.45) is 0. The molecule has 1 heterocycles. The van der Waals surface area contributed by atoms with Gasteiger partial charge in [0.15, 0.2) is 0 Å². The van der Waals surface area contributed by atoms with E-state index in [1.807, 2.05) is 0 Å². The fourth-order valence-corrected chi connectivity index (χ4v) is 0.119. The van der Waals surface area contributed by atoms with Gasteiger partial charge in [0.2, 0.25) is 0 Å². The van der Waals surface area contributed by atoms with E-state index in [0.717, 1.165) is 4.85 Å². The van der Waals surface area contributed by atoms with Crippen molar-refractivity contribution in [3.05, 3.63) is 0 Å². The minimum absolute atomic E-state index is 0.130. The molecule has 0 saturated heterocycles. The molecule has 0 spiro atoms. The molecule has 0 bridgehead atoms. The highest BCUT2D eigenvalue weighted by Crippen LogP contribution is 1.75. The Morgan fingerprint density at radius 2 is 2.50 bits per heavy atom. The van der Waals surface area contributed by atoms with Crippen LogP contribution in [0, 0.1) is 5.41 Å². The Morgan fingerprint density at radius 3 is 2.50 bits per heavy atom. The Labute approximate surface area is 33.1 Å². The largest absolute Gasteiger partial charge is 0.366 e. The maximum atomic E-state index is 6.53. The molecule has 0 radical (unpaired) electrons.